The Morgan fingerprint density at radius 3 is 2.48 bits per heavy atom. The highest BCUT2D eigenvalue weighted by atomic mass is 16.5. The first-order valence-electron chi connectivity index (χ1n) is 7.12. The van der Waals surface area contributed by atoms with Gasteiger partial charge in [0.1, 0.15) is 0 Å². The minimum absolute atomic E-state index is 0.0133. The van der Waals surface area contributed by atoms with Crippen LogP contribution in [0.2, 0.25) is 0 Å². The summed E-state index contributed by atoms with van der Waals surface area (Å²) < 4.78 is 5.14. The molecule has 0 aliphatic carbocycles. The fourth-order valence-corrected chi connectivity index (χ4v) is 2.39. The van der Waals surface area contributed by atoms with E-state index in [9.17, 15) is 9.59 Å². The Morgan fingerprint density at radius 2 is 1.90 bits per heavy atom. The van der Waals surface area contributed by atoms with Crippen LogP contribution in [0.3, 0.4) is 0 Å². The average Bonchev–Trinajstić information content (AvgIpc) is 2.55. The van der Waals surface area contributed by atoms with Gasteiger partial charge in [0.05, 0.1) is 5.92 Å². The maximum Gasteiger partial charge on any atom is 0.310 e. The first kappa shape index (κ1) is 15.1. The molecule has 4 nitrogen and oxygen atoms in total. The second-order valence-electron chi connectivity index (χ2n) is 5.18. The fraction of sp³-hybridized carbons (Fsp3) is 0.412. The van der Waals surface area contributed by atoms with Gasteiger partial charge in [-0.3, -0.25) is 9.59 Å². The molecular weight excluding hydrogens is 266 g/mol. The fourth-order valence-electron chi connectivity index (χ4n) is 2.39. The van der Waals surface area contributed by atoms with Gasteiger partial charge >= 0.3 is 5.97 Å². The molecule has 0 unspecified atom stereocenters. The monoisotopic (exact) mass is 285 g/mol. The number of hydrogen-bond donors (Lipinski definition) is 0. The van der Waals surface area contributed by atoms with Crippen LogP contribution in [0, 0.1) is 18.3 Å². The quantitative estimate of drug-likeness (QED) is 0.631. The first-order valence-corrected chi connectivity index (χ1v) is 7.12. The highest BCUT2D eigenvalue weighted by Crippen LogP contribution is 2.20. The summed E-state index contributed by atoms with van der Waals surface area (Å²) in [4.78, 5) is 26.0. The summed E-state index contributed by atoms with van der Waals surface area (Å²) in [5.74, 6) is 1.97. The SMILES string of the molecule is C#C[C@@H](C)OC(=O)C1CCN(C(=O)c2ccccc2)CC1. The molecule has 0 radical (unpaired) electrons. The zero-order valence-electron chi connectivity index (χ0n) is 12.1. The van der Waals surface area contributed by atoms with Crippen LogP contribution in [0.4, 0.5) is 0 Å². The maximum absolute atomic E-state index is 12.3. The topological polar surface area (TPSA) is 46.6 Å². The predicted molar refractivity (Wildman–Crippen MR) is 79.5 cm³/mol. The Labute approximate surface area is 125 Å². The summed E-state index contributed by atoms with van der Waals surface area (Å²) in [7, 11) is 0. The number of nitrogens with zero attached hydrogens (tertiary/aromatic N) is 1. The van der Waals surface area contributed by atoms with Crippen molar-refractivity contribution in [2.24, 2.45) is 5.92 Å². The summed E-state index contributed by atoms with van der Waals surface area (Å²) in [6.07, 6.45) is 5.94. The normalized spacial score (nSPS) is 16.9. The molecule has 1 saturated heterocycles. The number of ether oxygens (including phenoxy) is 1. The molecule has 0 saturated carbocycles. The van der Waals surface area contributed by atoms with Crippen LogP contribution in [0.25, 0.3) is 0 Å². The zero-order chi connectivity index (χ0) is 15.2. The van der Waals surface area contributed by atoms with Crippen LogP contribution < -0.4 is 0 Å². The molecule has 1 aromatic carbocycles. The van der Waals surface area contributed by atoms with Crippen LogP contribution in [0.15, 0.2) is 30.3 Å². The Kier molecular flexibility index (Phi) is 4.99. The summed E-state index contributed by atoms with van der Waals surface area (Å²) >= 11 is 0. The number of terminal acetylenes is 1. The van der Waals surface area contributed by atoms with Crippen LogP contribution in [-0.4, -0.2) is 36.0 Å². The van der Waals surface area contributed by atoms with Gasteiger partial charge in [0.2, 0.25) is 0 Å². The van der Waals surface area contributed by atoms with Gasteiger partial charge in [-0.15, -0.1) is 6.42 Å². The van der Waals surface area contributed by atoms with Gasteiger partial charge in [0, 0.05) is 18.7 Å². The van der Waals surface area contributed by atoms with E-state index < -0.39 is 6.10 Å². The predicted octanol–water partition coefficient (Wildman–Crippen LogP) is 2.10. The molecule has 0 aromatic heterocycles. The van der Waals surface area contributed by atoms with E-state index in [0.29, 0.717) is 31.5 Å². The Balaban J connectivity index is 1.88. The number of likely N-dealkylation sites (tertiary alicyclic amines) is 1. The maximum atomic E-state index is 12.3. The number of hydrogen-bond acceptors (Lipinski definition) is 3. The van der Waals surface area contributed by atoms with Crippen molar-refractivity contribution in [1.29, 1.82) is 0 Å². The van der Waals surface area contributed by atoms with Crippen molar-refractivity contribution in [3.05, 3.63) is 35.9 Å². The van der Waals surface area contributed by atoms with Crippen molar-refractivity contribution in [3.63, 3.8) is 0 Å². The van der Waals surface area contributed by atoms with Gasteiger partial charge in [-0.2, -0.15) is 0 Å². The Morgan fingerprint density at radius 1 is 1.29 bits per heavy atom. The summed E-state index contributed by atoms with van der Waals surface area (Å²) in [6.45, 7) is 2.81. The van der Waals surface area contributed by atoms with E-state index >= 15 is 0 Å². The number of rotatable bonds is 3. The second-order valence-corrected chi connectivity index (χ2v) is 5.18. The second kappa shape index (κ2) is 6.94. The van der Waals surface area contributed by atoms with Crippen molar-refractivity contribution in [2.75, 3.05) is 13.1 Å². The minimum Gasteiger partial charge on any atom is -0.449 e. The lowest BCUT2D eigenvalue weighted by atomic mass is 9.96. The molecule has 1 atom stereocenters. The molecule has 110 valence electrons. The summed E-state index contributed by atoms with van der Waals surface area (Å²) in [5, 5.41) is 0. The molecule has 4 heteroatoms. The highest BCUT2D eigenvalue weighted by Gasteiger charge is 2.29. The third-order valence-corrected chi connectivity index (χ3v) is 3.66. The van der Waals surface area contributed by atoms with E-state index in [1.165, 1.54) is 0 Å². The van der Waals surface area contributed by atoms with E-state index in [1.807, 2.05) is 18.2 Å². The number of esters is 1. The third kappa shape index (κ3) is 3.85. The lowest BCUT2D eigenvalue weighted by Crippen LogP contribution is -2.41. The van der Waals surface area contributed by atoms with Gasteiger partial charge in [0.15, 0.2) is 6.10 Å². The van der Waals surface area contributed by atoms with Crippen molar-refractivity contribution in [3.8, 4) is 12.3 Å². The molecule has 0 bridgehead atoms. The number of piperidine rings is 1. The molecule has 1 amide bonds. The van der Waals surface area contributed by atoms with Crippen LogP contribution in [0.1, 0.15) is 30.1 Å². The summed E-state index contributed by atoms with van der Waals surface area (Å²) in [6, 6.07) is 9.18. The lowest BCUT2D eigenvalue weighted by Gasteiger charge is -2.31. The number of carbonyl (C=O) groups excluding carboxylic acids is 2. The van der Waals surface area contributed by atoms with Gasteiger partial charge in [-0.1, -0.05) is 24.1 Å². The van der Waals surface area contributed by atoms with Crippen LogP contribution in [0.5, 0.6) is 0 Å². The average molecular weight is 285 g/mol. The molecule has 1 heterocycles. The van der Waals surface area contributed by atoms with Crippen molar-refractivity contribution < 1.29 is 14.3 Å². The van der Waals surface area contributed by atoms with Gasteiger partial charge in [-0.05, 0) is 31.9 Å². The van der Waals surface area contributed by atoms with E-state index in [-0.39, 0.29) is 17.8 Å². The smallest absolute Gasteiger partial charge is 0.310 e. The van der Waals surface area contributed by atoms with Crippen molar-refractivity contribution in [2.45, 2.75) is 25.9 Å². The standard InChI is InChI=1S/C17H19NO3/c1-3-13(2)21-17(20)15-9-11-18(12-10-15)16(19)14-7-5-4-6-8-14/h1,4-8,13,15H,9-12H2,2H3/t13-/m1/s1. The number of amides is 1. The minimum atomic E-state index is -0.499. The molecule has 0 spiro atoms. The lowest BCUT2D eigenvalue weighted by molar-refractivity contribution is -0.152. The Hall–Kier alpha value is -2.28. The van der Waals surface area contributed by atoms with Gasteiger partial charge in [0.25, 0.3) is 5.91 Å². The van der Waals surface area contributed by atoms with E-state index in [0.717, 1.165) is 0 Å². The van der Waals surface area contributed by atoms with Gasteiger partial charge in [-0.25, -0.2) is 0 Å². The van der Waals surface area contributed by atoms with Gasteiger partial charge < -0.3 is 9.64 Å². The molecular formula is C17H19NO3. The molecule has 1 aromatic rings. The zero-order valence-corrected chi connectivity index (χ0v) is 12.1. The van der Waals surface area contributed by atoms with E-state index in [1.54, 1.807) is 24.0 Å². The van der Waals surface area contributed by atoms with Crippen molar-refractivity contribution in [1.82, 2.24) is 4.90 Å². The van der Waals surface area contributed by atoms with Crippen LogP contribution in [-0.2, 0) is 9.53 Å². The molecule has 1 aliphatic heterocycles. The number of carbonyl (C=O) groups is 2. The van der Waals surface area contributed by atoms with E-state index in [4.69, 9.17) is 11.2 Å². The highest BCUT2D eigenvalue weighted by molar-refractivity contribution is 5.94. The molecule has 21 heavy (non-hydrogen) atoms. The molecule has 1 aliphatic rings. The van der Waals surface area contributed by atoms with E-state index in [2.05, 4.69) is 5.92 Å². The Bertz CT molecular complexity index is 539. The first-order chi connectivity index (χ1) is 10.1. The number of benzene rings is 1. The van der Waals surface area contributed by atoms with Crippen LogP contribution >= 0.6 is 0 Å². The summed E-state index contributed by atoms with van der Waals surface area (Å²) in [5.41, 5.74) is 0.680. The third-order valence-electron chi connectivity index (χ3n) is 3.66. The van der Waals surface area contributed by atoms with Crippen molar-refractivity contribution >= 4 is 11.9 Å². The largest absolute Gasteiger partial charge is 0.449 e. The molecule has 0 N–H and O–H groups in total. The molecule has 1 fully saturated rings. The molecule has 2 rings (SSSR count).